The number of benzene rings is 5. The van der Waals surface area contributed by atoms with Gasteiger partial charge < -0.3 is 40.6 Å². The average Bonchev–Trinajstić information content (AvgIpc) is 3.92. The molecule has 3 aliphatic heterocycles. The molecule has 2 aromatic heterocycles. The number of hydrogen-bond acceptors (Lipinski definition) is 10. The van der Waals surface area contributed by atoms with Gasteiger partial charge in [-0.2, -0.15) is 9.97 Å². The minimum Gasteiger partial charge on any atom is -0.471 e. The van der Waals surface area contributed by atoms with E-state index in [0.717, 1.165) is 74.2 Å². The van der Waals surface area contributed by atoms with Crippen molar-refractivity contribution in [2.75, 3.05) is 37.3 Å². The zero-order chi connectivity index (χ0) is 54.3. The van der Waals surface area contributed by atoms with Gasteiger partial charge in [0.15, 0.2) is 11.2 Å². The molecule has 5 N–H and O–H groups in total. The van der Waals surface area contributed by atoms with E-state index in [9.17, 15) is 14.4 Å². The number of carbonyl (C=O) groups excluding carboxylic acids is 3. The molecule has 0 atom stereocenters. The maximum absolute atomic E-state index is 13.9. The van der Waals surface area contributed by atoms with Crippen LogP contribution in [0.3, 0.4) is 0 Å². The molecular weight excluding hydrogens is 965 g/mol. The Morgan fingerprint density at radius 1 is 0.792 bits per heavy atom. The number of carbonyl (C=O) groups is 3. The maximum atomic E-state index is 13.9. The number of anilines is 2. The molecule has 10 rings (SSSR count). The number of imidazole rings is 1. The van der Waals surface area contributed by atoms with Crippen molar-refractivity contribution in [3.05, 3.63) is 176 Å². The minimum atomic E-state index is -0.208. The van der Waals surface area contributed by atoms with Crippen molar-refractivity contribution < 1.29 is 23.9 Å². The van der Waals surface area contributed by atoms with Gasteiger partial charge in [-0.3, -0.25) is 14.4 Å². The Labute approximate surface area is 449 Å². The molecule has 7 aromatic rings. The van der Waals surface area contributed by atoms with Gasteiger partial charge in [0.1, 0.15) is 30.2 Å². The third kappa shape index (κ3) is 10.4. The summed E-state index contributed by atoms with van der Waals surface area (Å²) < 4.78 is 15.3. The van der Waals surface area contributed by atoms with E-state index in [1.165, 1.54) is 28.6 Å². The fourth-order valence-corrected chi connectivity index (χ4v) is 11.3. The van der Waals surface area contributed by atoms with Crippen LogP contribution in [0.1, 0.15) is 128 Å². The van der Waals surface area contributed by atoms with Crippen LogP contribution in [-0.4, -0.2) is 80.3 Å². The van der Waals surface area contributed by atoms with Gasteiger partial charge in [-0.1, -0.05) is 54.6 Å². The maximum Gasteiger partial charge on any atom is 0.253 e. The number of nitrogens with one attached hydrogen (secondary N) is 3. The van der Waals surface area contributed by atoms with Crippen LogP contribution < -0.4 is 45.9 Å². The van der Waals surface area contributed by atoms with Crippen LogP contribution in [0.4, 0.5) is 11.6 Å². The van der Waals surface area contributed by atoms with E-state index in [4.69, 9.17) is 15.2 Å². The van der Waals surface area contributed by atoms with Crippen molar-refractivity contribution >= 4 is 57.2 Å². The Bertz CT molecular complexity index is 3670. The SMILES string of the molecule is CCN1c2cc3c(cc2C(C)=CC1(C)C)C(c1ccc(C(=O)N(C)CCCC(=O)NCc2ccc(C(=O)NCc4ccc(COc5nc(N)nc6nc[nH]c56)cc4)cc2)cc1)=c1cc2c(cc1O3)=[N+](CC)C(C)(C)C=C2C. The first kappa shape index (κ1) is 51.9. The number of nitrogens with two attached hydrogens (primary N) is 1. The summed E-state index contributed by atoms with van der Waals surface area (Å²) in [6.07, 6.45) is 6.97. The lowest BCUT2D eigenvalue weighted by atomic mass is 9.84. The highest BCUT2D eigenvalue weighted by atomic mass is 16.5. The van der Waals surface area contributed by atoms with Crippen molar-refractivity contribution in [2.24, 2.45) is 0 Å². The first-order valence-electron chi connectivity index (χ1n) is 26.4. The summed E-state index contributed by atoms with van der Waals surface area (Å²) in [5.74, 6) is 1.59. The van der Waals surface area contributed by atoms with Crippen molar-refractivity contribution in [3.63, 3.8) is 0 Å². The summed E-state index contributed by atoms with van der Waals surface area (Å²) in [7, 11) is 1.77. The van der Waals surface area contributed by atoms with E-state index in [2.05, 4.69) is 132 Å². The molecule has 3 amide bonds. The lowest BCUT2D eigenvalue weighted by molar-refractivity contribution is -0.121. The van der Waals surface area contributed by atoms with Crippen molar-refractivity contribution in [3.8, 4) is 17.4 Å². The molecule has 0 fully saturated rings. The number of nitrogen functional groups attached to an aromatic ring is 1. The molecule has 15 heteroatoms. The summed E-state index contributed by atoms with van der Waals surface area (Å²) in [6, 6.07) is 31.8. The van der Waals surface area contributed by atoms with Crippen molar-refractivity contribution in [1.82, 2.24) is 40.0 Å². The number of H-pyrrole nitrogens is 1. The smallest absolute Gasteiger partial charge is 0.253 e. The zero-order valence-electron chi connectivity index (χ0n) is 45.4. The molecule has 3 aliphatic rings. The van der Waals surface area contributed by atoms with Crippen molar-refractivity contribution in [1.29, 1.82) is 0 Å². The highest BCUT2D eigenvalue weighted by Gasteiger charge is 2.36. The van der Waals surface area contributed by atoms with E-state index in [1.54, 1.807) is 24.1 Å². The van der Waals surface area contributed by atoms with Crippen LogP contribution in [0.15, 0.2) is 116 Å². The Morgan fingerprint density at radius 3 is 2.18 bits per heavy atom. The summed E-state index contributed by atoms with van der Waals surface area (Å²) in [5, 5.41) is 8.12. The number of aromatic amines is 1. The highest BCUT2D eigenvalue weighted by Crippen LogP contribution is 2.46. The number of ether oxygens (including phenoxy) is 2. The molecule has 15 nitrogen and oxygen atoms in total. The van der Waals surface area contributed by atoms with Crippen LogP contribution in [0.25, 0.3) is 27.9 Å². The highest BCUT2D eigenvalue weighted by molar-refractivity contribution is 5.96. The standard InChI is InChI=1S/C62H66N10O5/c1-10-71-49-29-51-47(27-45(49)37(3)31-61(71,5)6)54(48-28-46-38(4)32-62(7,8)72(11-2)50(46)30-52(48)77-51)42-22-24-44(25-23-42)59(75)70(9)26-12-13-53(73)64-33-40-18-20-43(21-19-40)57(74)65-34-39-14-16-41(17-15-39)35-76-58-55-56(67-36-66-55)68-60(63)69-58/h14-25,27-32,36,63H,10-13,26,33-35H2,1-9H3,(H3,64,65,73,74,75)/p+1. The van der Waals surface area contributed by atoms with Crippen LogP contribution in [0.5, 0.6) is 17.4 Å². The van der Waals surface area contributed by atoms with Crippen LogP contribution in [-0.2, 0) is 24.5 Å². The number of amides is 3. The predicted octanol–water partition coefficient (Wildman–Crippen LogP) is 8.69. The quantitative estimate of drug-likeness (QED) is 0.0683. The second-order valence-electron chi connectivity index (χ2n) is 21.3. The number of hydrogen-bond donors (Lipinski definition) is 4. The first-order valence-corrected chi connectivity index (χ1v) is 26.4. The van der Waals surface area contributed by atoms with Gasteiger partial charge in [0.05, 0.1) is 17.9 Å². The van der Waals surface area contributed by atoms with Crippen LogP contribution in [0, 0.1) is 0 Å². The van der Waals surface area contributed by atoms with Gasteiger partial charge in [0.2, 0.25) is 23.1 Å². The summed E-state index contributed by atoms with van der Waals surface area (Å²) >= 11 is 0. The molecule has 5 aromatic carbocycles. The number of nitrogens with zero attached hydrogens (tertiary/aromatic N) is 6. The molecule has 0 saturated carbocycles. The molecule has 0 aliphatic carbocycles. The predicted molar refractivity (Wildman–Crippen MR) is 303 cm³/mol. The van der Waals surface area contributed by atoms with Gasteiger partial charge >= 0.3 is 0 Å². The van der Waals surface area contributed by atoms with Gasteiger partial charge in [-0.15, -0.1) is 0 Å². The molecule has 0 radical (unpaired) electrons. The molecule has 0 saturated heterocycles. The van der Waals surface area contributed by atoms with E-state index in [1.807, 2.05) is 60.7 Å². The summed E-state index contributed by atoms with van der Waals surface area (Å²) in [5.41, 5.74) is 19.3. The lowest BCUT2D eigenvalue weighted by Gasteiger charge is -2.43. The average molecular weight is 1030 g/mol. The van der Waals surface area contributed by atoms with Gasteiger partial charge in [0.25, 0.3) is 11.8 Å². The summed E-state index contributed by atoms with van der Waals surface area (Å²) in [4.78, 5) is 59.3. The first-order chi connectivity index (χ1) is 36.9. The summed E-state index contributed by atoms with van der Waals surface area (Å²) in [6.45, 7) is 20.9. The lowest BCUT2D eigenvalue weighted by Crippen LogP contribution is -2.49. The fraction of sp³-hybridized carbons (Fsp3) is 0.306. The third-order valence-corrected chi connectivity index (χ3v) is 15.0. The molecular formula is C62H67N10O5+. The monoisotopic (exact) mass is 1030 g/mol. The Balaban J connectivity index is 0.747. The van der Waals surface area contributed by atoms with E-state index >= 15 is 0 Å². The number of aromatic nitrogens is 4. The van der Waals surface area contributed by atoms with E-state index < -0.39 is 0 Å². The zero-order valence-corrected chi connectivity index (χ0v) is 45.4. The third-order valence-electron chi connectivity index (χ3n) is 15.0. The van der Waals surface area contributed by atoms with Gasteiger partial charge in [-0.05, 0) is 124 Å². The number of fused-ring (bicyclic) bond motifs is 5. The Hall–Kier alpha value is -8.59. The second kappa shape index (κ2) is 20.9. The van der Waals surface area contributed by atoms with E-state index in [0.29, 0.717) is 54.2 Å². The normalized spacial score (nSPS) is 14.8. The largest absolute Gasteiger partial charge is 0.471 e. The number of rotatable bonds is 16. The van der Waals surface area contributed by atoms with Crippen LogP contribution in [0.2, 0.25) is 0 Å². The molecule has 0 unspecified atom stereocenters. The van der Waals surface area contributed by atoms with Crippen LogP contribution >= 0.6 is 0 Å². The molecule has 0 spiro atoms. The van der Waals surface area contributed by atoms with E-state index in [-0.39, 0.29) is 47.8 Å². The Morgan fingerprint density at radius 2 is 1.47 bits per heavy atom. The minimum absolute atomic E-state index is 0.0803. The molecule has 5 heterocycles. The molecule has 77 heavy (non-hydrogen) atoms. The van der Waals surface area contributed by atoms with Gasteiger partial charge in [-0.25, -0.2) is 9.56 Å². The Kier molecular flexibility index (Phi) is 14.0. The topological polar surface area (TPSA) is 184 Å². The number of likely N-dealkylation sites (N-methyl/N-ethyl adjacent to an activating group) is 2. The van der Waals surface area contributed by atoms with Gasteiger partial charge in [0, 0.05) is 104 Å². The molecule has 394 valence electrons. The second-order valence-corrected chi connectivity index (χ2v) is 21.3. The molecule has 0 bridgehead atoms. The number of allylic oxidation sites excluding steroid dienone is 2. The van der Waals surface area contributed by atoms with Crippen molar-refractivity contribution in [2.45, 2.75) is 99.0 Å². The fourth-order valence-electron chi connectivity index (χ4n) is 11.3.